The highest BCUT2D eigenvalue weighted by Gasteiger charge is 2.15. The summed E-state index contributed by atoms with van der Waals surface area (Å²) in [6.07, 6.45) is 0.832. The first kappa shape index (κ1) is 17.4. The quantitative estimate of drug-likeness (QED) is 0.430. The molecule has 21 heavy (non-hydrogen) atoms. The molecule has 0 amide bonds. The highest BCUT2D eigenvalue weighted by molar-refractivity contribution is 5.48. The van der Waals surface area contributed by atoms with E-state index in [4.69, 9.17) is 4.74 Å². The van der Waals surface area contributed by atoms with E-state index in [0.29, 0.717) is 24.9 Å². The smallest absolute Gasteiger partial charge is 0.310 e. The number of rotatable bonds is 9. The molecule has 0 aromatic heterocycles. The van der Waals surface area contributed by atoms with E-state index >= 15 is 0 Å². The molecule has 0 radical (unpaired) electrons. The predicted molar refractivity (Wildman–Crippen MR) is 83.7 cm³/mol. The third-order valence-corrected chi connectivity index (χ3v) is 2.94. The van der Waals surface area contributed by atoms with Crippen LogP contribution in [0, 0.1) is 10.1 Å². The van der Waals surface area contributed by atoms with E-state index in [9.17, 15) is 10.1 Å². The van der Waals surface area contributed by atoms with Gasteiger partial charge in [-0.3, -0.25) is 10.1 Å². The van der Waals surface area contributed by atoms with Crippen molar-refractivity contribution >= 4 is 5.69 Å². The highest BCUT2D eigenvalue weighted by Crippen LogP contribution is 2.28. The topological polar surface area (TPSA) is 67.6 Å². The van der Waals surface area contributed by atoms with Crippen molar-refractivity contribution in [3.8, 4) is 5.75 Å². The van der Waals surface area contributed by atoms with E-state index in [-0.39, 0.29) is 5.69 Å². The summed E-state index contributed by atoms with van der Waals surface area (Å²) in [5, 5.41) is 14.3. The van der Waals surface area contributed by atoms with Gasteiger partial charge in [-0.1, -0.05) is 19.9 Å². The normalized spacial score (nSPS) is 11.1. The van der Waals surface area contributed by atoms with E-state index in [1.807, 2.05) is 14.1 Å². The van der Waals surface area contributed by atoms with Gasteiger partial charge in [0.05, 0.1) is 11.5 Å². The zero-order valence-corrected chi connectivity index (χ0v) is 13.3. The molecule has 0 spiro atoms. The Kier molecular flexibility index (Phi) is 7.11. The second-order valence-electron chi connectivity index (χ2n) is 5.60. The molecule has 0 atom stereocenters. The Morgan fingerprint density at radius 3 is 2.67 bits per heavy atom. The van der Waals surface area contributed by atoms with E-state index in [2.05, 4.69) is 24.1 Å². The van der Waals surface area contributed by atoms with Crippen molar-refractivity contribution in [3.63, 3.8) is 0 Å². The first-order valence-electron chi connectivity index (χ1n) is 7.18. The number of ether oxygens (including phenoxy) is 1. The lowest BCUT2D eigenvalue weighted by molar-refractivity contribution is -0.385. The minimum absolute atomic E-state index is 0.0214. The average molecular weight is 295 g/mol. The maximum atomic E-state index is 11.0. The van der Waals surface area contributed by atoms with Crippen LogP contribution >= 0.6 is 0 Å². The standard InChI is InChI=1S/C15H25N3O3/c1-12(2)16-11-13-6-7-14(18(19)20)15(10-13)21-9-5-8-17(3)4/h6-7,10,12,16H,5,8-9,11H2,1-4H3. The summed E-state index contributed by atoms with van der Waals surface area (Å²) in [6.45, 7) is 6.15. The van der Waals surface area contributed by atoms with Gasteiger partial charge >= 0.3 is 5.69 Å². The molecular weight excluding hydrogens is 270 g/mol. The summed E-state index contributed by atoms with van der Waals surface area (Å²) in [6, 6.07) is 5.40. The zero-order valence-electron chi connectivity index (χ0n) is 13.3. The minimum Gasteiger partial charge on any atom is -0.487 e. The van der Waals surface area contributed by atoms with Crippen LogP contribution in [-0.4, -0.2) is 43.1 Å². The Morgan fingerprint density at radius 1 is 1.38 bits per heavy atom. The molecule has 1 N–H and O–H groups in total. The third kappa shape index (κ3) is 6.55. The van der Waals surface area contributed by atoms with E-state index in [1.165, 1.54) is 6.07 Å². The van der Waals surface area contributed by atoms with Crippen LogP contribution in [0.1, 0.15) is 25.8 Å². The van der Waals surface area contributed by atoms with Crippen LogP contribution in [0.2, 0.25) is 0 Å². The Hall–Kier alpha value is -1.66. The molecule has 0 saturated heterocycles. The number of hydrogen-bond donors (Lipinski definition) is 1. The lowest BCUT2D eigenvalue weighted by Gasteiger charge is -2.12. The molecule has 0 bridgehead atoms. The maximum Gasteiger partial charge on any atom is 0.310 e. The molecule has 0 unspecified atom stereocenters. The number of nitrogens with zero attached hydrogens (tertiary/aromatic N) is 2. The summed E-state index contributed by atoms with van der Waals surface area (Å²) in [4.78, 5) is 12.7. The van der Waals surface area contributed by atoms with Crippen LogP contribution in [0.15, 0.2) is 18.2 Å². The van der Waals surface area contributed by atoms with Gasteiger partial charge in [0.25, 0.3) is 0 Å². The molecular formula is C15H25N3O3. The first-order valence-corrected chi connectivity index (χ1v) is 7.18. The van der Waals surface area contributed by atoms with Gasteiger partial charge < -0.3 is 15.0 Å². The number of nitro groups is 1. The minimum atomic E-state index is -0.402. The van der Waals surface area contributed by atoms with Crippen molar-refractivity contribution in [3.05, 3.63) is 33.9 Å². The molecule has 1 aromatic carbocycles. The van der Waals surface area contributed by atoms with Crippen molar-refractivity contribution in [2.45, 2.75) is 32.9 Å². The molecule has 118 valence electrons. The average Bonchev–Trinajstić information content (AvgIpc) is 2.41. The van der Waals surface area contributed by atoms with E-state index in [1.54, 1.807) is 12.1 Å². The van der Waals surface area contributed by atoms with Gasteiger partial charge in [-0.05, 0) is 32.1 Å². The van der Waals surface area contributed by atoms with Crippen LogP contribution in [-0.2, 0) is 6.54 Å². The molecule has 0 aliphatic heterocycles. The largest absolute Gasteiger partial charge is 0.487 e. The van der Waals surface area contributed by atoms with Crippen LogP contribution < -0.4 is 10.1 Å². The zero-order chi connectivity index (χ0) is 15.8. The summed E-state index contributed by atoms with van der Waals surface area (Å²) in [7, 11) is 3.97. The van der Waals surface area contributed by atoms with Crippen molar-refractivity contribution in [1.82, 2.24) is 10.2 Å². The van der Waals surface area contributed by atoms with Gasteiger partial charge in [-0.15, -0.1) is 0 Å². The lowest BCUT2D eigenvalue weighted by atomic mass is 10.2. The highest BCUT2D eigenvalue weighted by atomic mass is 16.6. The maximum absolute atomic E-state index is 11.0. The predicted octanol–water partition coefficient (Wildman–Crippen LogP) is 2.42. The monoisotopic (exact) mass is 295 g/mol. The number of benzene rings is 1. The fraction of sp³-hybridized carbons (Fsp3) is 0.600. The molecule has 1 rings (SSSR count). The van der Waals surface area contributed by atoms with Gasteiger partial charge in [0.1, 0.15) is 0 Å². The fourth-order valence-corrected chi connectivity index (χ4v) is 1.82. The van der Waals surface area contributed by atoms with Crippen LogP contribution in [0.4, 0.5) is 5.69 Å². The molecule has 0 fully saturated rings. The van der Waals surface area contributed by atoms with E-state index in [0.717, 1.165) is 18.5 Å². The molecule has 0 heterocycles. The summed E-state index contributed by atoms with van der Waals surface area (Å²) in [5.41, 5.74) is 1.00. The lowest BCUT2D eigenvalue weighted by Crippen LogP contribution is -2.21. The van der Waals surface area contributed by atoms with Crippen LogP contribution in [0.25, 0.3) is 0 Å². The summed E-state index contributed by atoms with van der Waals surface area (Å²) >= 11 is 0. The van der Waals surface area contributed by atoms with Gasteiger partial charge in [0, 0.05) is 25.2 Å². The molecule has 1 aromatic rings. The molecule has 0 saturated carbocycles. The van der Waals surface area contributed by atoms with Crippen molar-refractivity contribution in [2.24, 2.45) is 0 Å². The van der Waals surface area contributed by atoms with Gasteiger partial charge in [-0.25, -0.2) is 0 Å². The third-order valence-electron chi connectivity index (χ3n) is 2.94. The summed E-state index contributed by atoms with van der Waals surface area (Å²) in [5.74, 6) is 0.349. The van der Waals surface area contributed by atoms with E-state index < -0.39 is 4.92 Å². The Bertz CT molecular complexity index is 461. The van der Waals surface area contributed by atoms with Crippen LogP contribution in [0.3, 0.4) is 0 Å². The second kappa shape index (κ2) is 8.59. The molecule has 6 nitrogen and oxygen atoms in total. The first-order chi connectivity index (χ1) is 9.90. The number of nitro benzene ring substituents is 1. The molecule has 0 aliphatic carbocycles. The van der Waals surface area contributed by atoms with Gasteiger partial charge in [0.15, 0.2) is 5.75 Å². The van der Waals surface area contributed by atoms with Crippen molar-refractivity contribution in [2.75, 3.05) is 27.2 Å². The Morgan fingerprint density at radius 2 is 2.10 bits per heavy atom. The SMILES string of the molecule is CC(C)NCc1ccc([N+](=O)[O-])c(OCCCN(C)C)c1. The second-order valence-corrected chi connectivity index (χ2v) is 5.60. The Labute approximate surface area is 126 Å². The fourth-order valence-electron chi connectivity index (χ4n) is 1.82. The van der Waals surface area contributed by atoms with Gasteiger partial charge in [-0.2, -0.15) is 0 Å². The van der Waals surface area contributed by atoms with Crippen molar-refractivity contribution < 1.29 is 9.66 Å². The Balaban J connectivity index is 2.71. The van der Waals surface area contributed by atoms with Crippen LogP contribution in [0.5, 0.6) is 5.75 Å². The molecule has 6 heteroatoms. The molecule has 0 aliphatic rings. The number of hydrogen-bond acceptors (Lipinski definition) is 5. The van der Waals surface area contributed by atoms with Gasteiger partial charge in [0.2, 0.25) is 0 Å². The van der Waals surface area contributed by atoms with Crippen molar-refractivity contribution in [1.29, 1.82) is 0 Å². The number of nitrogens with one attached hydrogen (secondary N) is 1. The summed E-state index contributed by atoms with van der Waals surface area (Å²) < 4.78 is 5.60.